The molecule has 0 aliphatic heterocycles. The average Bonchev–Trinajstić information content (AvgIpc) is 2.67. The first kappa shape index (κ1) is 10.9. The van der Waals surface area contributed by atoms with Crippen molar-refractivity contribution in [2.24, 2.45) is 5.73 Å². The second-order valence-electron chi connectivity index (χ2n) is 3.51. The Morgan fingerprint density at radius 2 is 2.07 bits per heavy atom. The Labute approximate surface area is 102 Å². The van der Waals surface area contributed by atoms with Crippen LogP contribution in [0.5, 0.6) is 0 Å². The van der Waals surface area contributed by atoms with E-state index < -0.39 is 0 Å². The van der Waals surface area contributed by atoms with Crippen molar-refractivity contribution in [3.63, 3.8) is 0 Å². The maximum absolute atomic E-state index is 5.84. The summed E-state index contributed by atoms with van der Waals surface area (Å²) in [7, 11) is 0. The van der Waals surface area contributed by atoms with Crippen molar-refractivity contribution in [1.29, 1.82) is 0 Å². The van der Waals surface area contributed by atoms with Crippen LogP contribution in [-0.4, -0.2) is 0 Å². The molecule has 1 aromatic heterocycles. The van der Waals surface area contributed by atoms with E-state index in [1.165, 1.54) is 16.0 Å². The fourth-order valence-corrected chi connectivity index (χ4v) is 3.08. The molecule has 2 N–H and O–H groups in total. The molecule has 1 unspecified atom stereocenters. The topological polar surface area (TPSA) is 26.0 Å². The van der Waals surface area contributed by atoms with E-state index in [4.69, 9.17) is 5.73 Å². The third-order valence-corrected chi connectivity index (χ3v) is 3.96. The Morgan fingerprint density at radius 1 is 1.33 bits per heavy atom. The van der Waals surface area contributed by atoms with Gasteiger partial charge in [-0.25, -0.2) is 0 Å². The predicted molar refractivity (Wildman–Crippen MR) is 70.1 cm³/mol. The van der Waals surface area contributed by atoms with Gasteiger partial charge in [-0.05, 0) is 30.0 Å². The largest absolute Gasteiger partial charge is 0.324 e. The van der Waals surface area contributed by atoms with Crippen molar-refractivity contribution in [2.45, 2.75) is 13.0 Å². The maximum atomic E-state index is 5.84. The van der Waals surface area contributed by atoms with Gasteiger partial charge in [0.15, 0.2) is 0 Å². The molecule has 0 fully saturated rings. The molecule has 1 aromatic carbocycles. The minimum atomic E-state index is 0.109. The summed E-state index contributed by atoms with van der Waals surface area (Å²) in [6.07, 6.45) is 0. The molecule has 1 heterocycles. The molecule has 2 aromatic rings. The first-order valence-corrected chi connectivity index (χ1v) is 6.44. The molecule has 0 radical (unpaired) electrons. The molecule has 2 rings (SSSR count). The zero-order valence-electron chi connectivity index (χ0n) is 8.41. The summed E-state index contributed by atoms with van der Waals surface area (Å²) >= 11 is 5.29. The highest BCUT2D eigenvalue weighted by atomic mass is 79.9. The highest BCUT2D eigenvalue weighted by Gasteiger charge is 2.07. The molecule has 15 heavy (non-hydrogen) atoms. The SMILES string of the molecule is CC(N)c1csc(-c2ccccc2Br)c1. The average molecular weight is 282 g/mol. The Bertz CT molecular complexity index is 462. The smallest absolute Gasteiger partial charge is 0.0357 e. The van der Waals surface area contributed by atoms with Crippen LogP contribution in [0.25, 0.3) is 10.4 Å². The van der Waals surface area contributed by atoms with Crippen molar-refractivity contribution in [1.82, 2.24) is 0 Å². The fraction of sp³-hybridized carbons (Fsp3) is 0.167. The summed E-state index contributed by atoms with van der Waals surface area (Å²) < 4.78 is 1.13. The number of rotatable bonds is 2. The third-order valence-electron chi connectivity index (χ3n) is 2.28. The zero-order valence-corrected chi connectivity index (χ0v) is 10.8. The highest BCUT2D eigenvalue weighted by molar-refractivity contribution is 9.10. The van der Waals surface area contributed by atoms with Crippen LogP contribution in [0, 0.1) is 0 Å². The molecule has 0 amide bonds. The van der Waals surface area contributed by atoms with Gasteiger partial charge in [-0.1, -0.05) is 34.1 Å². The van der Waals surface area contributed by atoms with Crippen molar-refractivity contribution < 1.29 is 0 Å². The lowest BCUT2D eigenvalue weighted by atomic mass is 10.1. The van der Waals surface area contributed by atoms with E-state index in [1.807, 2.05) is 19.1 Å². The molecule has 78 valence electrons. The molecule has 0 bridgehead atoms. The fourth-order valence-electron chi connectivity index (χ4n) is 1.39. The summed E-state index contributed by atoms with van der Waals surface area (Å²) in [5.74, 6) is 0. The van der Waals surface area contributed by atoms with Gasteiger partial charge >= 0.3 is 0 Å². The molecule has 0 saturated carbocycles. The normalized spacial score (nSPS) is 12.7. The lowest BCUT2D eigenvalue weighted by molar-refractivity contribution is 0.823. The van der Waals surface area contributed by atoms with E-state index in [1.54, 1.807) is 11.3 Å². The van der Waals surface area contributed by atoms with Gasteiger partial charge in [0.1, 0.15) is 0 Å². The van der Waals surface area contributed by atoms with Crippen LogP contribution in [-0.2, 0) is 0 Å². The monoisotopic (exact) mass is 281 g/mol. The summed E-state index contributed by atoms with van der Waals surface area (Å²) in [5.41, 5.74) is 8.27. The first-order chi connectivity index (χ1) is 7.18. The molecular formula is C12H12BrNS. The van der Waals surface area contributed by atoms with E-state index in [0.717, 1.165) is 4.47 Å². The quantitative estimate of drug-likeness (QED) is 0.877. The highest BCUT2D eigenvalue weighted by Crippen LogP contribution is 2.33. The van der Waals surface area contributed by atoms with E-state index in [2.05, 4.69) is 39.5 Å². The third kappa shape index (κ3) is 2.30. The standard InChI is InChI=1S/C12H12BrNS/c1-8(14)9-6-12(15-7-9)10-4-2-3-5-11(10)13/h2-8H,14H2,1H3. The van der Waals surface area contributed by atoms with Gasteiger partial charge in [-0.15, -0.1) is 11.3 Å². The van der Waals surface area contributed by atoms with Crippen molar-refractivity contribution in [3.05, 3.63) is 45.7 Å². The van der Waals surface area contributed by atoms with Gasteiger partial charge in [0.05, 0.1) is 0 Å². The Kier molecular flexibility index (Phi) is 3.24. The van der Waals surface area contributed by atoms with Crippen molar-refractivity contribution in [3.8, 4) is 10.4 Å². The second-order valence-corrected chi connectivity index (χ2v) is 5.28. The van der Waals surface area contributed by atoms with Crippen LogP contribution in [0.4, 0.5) is 0 Å². The summed E-state index contributed by atoms with van der Waals surface area (Å²) in [5, 5.41) is 2.12. The molecule has 0 aliphatic rings. The van der Waals surface area contributed by atoms with Crippen LogP contribution >= 0.6 is 27.3 Å². The number of benzene rings is 1. The zero-order chi connectivity index (χ0) is 10.8. The lowest BCUT2D eigenvalue weighted by Gasteiger charge is -2.01. The molecule has 1 nitrogen and oxygen atoms in total. The van der Waals surface area contributed by atoms with Crippen LogP contribution < -0.4 is 5.73 Å². The lowest BCUT2D eigenvalue weighted by Crippen LogP contribution is -2.02. The summed E-state index contributed by atoms with van der Waals surface area (Å²) in [6.45, 7) is 2.01. The number of halogens is 1. The van der Waals surface area contributed by atoms with Gasteiger partial charge in [0.2, 0.25) is 0 Å². The second kappa shape index (κ2) is 4.47. The molecule has 0 spiro atoms. The maximum Gasteiger partial charge on any atom is 0.0357 e. The van der Waals surface area contributed by atoms with Crippen LogP contribution in [0.3, 0.4) is 0 Å². The van der Waals surface area contributed by atoms with Gasteiger partial charge < -0.3 is 5.73 Å². The van der Waals surface area contributed by atoms with E-state index in [0.29, 0.717) is 0 Å². The molecule has 3 heteroatoms. The van der Waals surface area contributed by atoms with Gasteiger partial charge in [-0.3, -0.25) is 0 Å². The molecule has 0 aliphatic carbocycles. The molecule has 0 saturated heterocycles. The van der Waals surface area contributed by atoms with E-state index in [9.17, 15) is 0 Å². The van der Waals surface area contributed by atoms with Crippen molar-refractivity contribution in [2.75, 3.05) is 0 Å². The van der Waals surface area contributed by atoms with Gasteiger partial charge in [0, 0.05) is 21.0 Å². The summed E-state index contributed by atoms with van der Waals surface area (Å²) in [6, 6.07) is 10.5. The van der Waals surface area contributed by atoms with E-state index >= 15 is 0 Å². The molecular weight excluding hydrogens is 270 g/mol. The van der Waals surface area contributed by atoms with Crippen LogP contribution in [0.15, 0.2) is 40.2 Å². The number of hydrogen-bond donors (Lipinski definition) is 1. The van der Waals surface area contributed by atoms with Gasteiger partial charge in [-0.2, -0.15) is 0 Å². The number of nitrogens with two attached hydrogens (primary N) is 1. The van der Waals surface area contributed by atoms with Gasteiger partial charge in [0.25, 0.3) is 0 Å². The van der Waals surface area contributed by atoms with Crippen LogP contribution in [0.1, 0.15) is 18.5 Å². The van der Waals surface area contributed by atoms with Crippen LogP contribution in [0.2, 0.25) is 0 Å². The predicted octanol–water partition coefficient (Wildman–Crippen LogP) is 4.20. The minimum absolute atomic E-state index is 0.109. The summed E-state index contributed by atoms with van der Waals surface area (Å²) in [4.78, 5) is 1.26. The number of hydrogen-bond acceptors (Lipinski definition) is 2. The molecule has 1 atom stereocenters. The van der Waals surface area contributed by atoms with E-state index in [-0.39, 0.29) is 6.04 Å². The Morgan fingerprint density at radius 3 is 2.67 bits per heavy atom. The Balaban J connectivity index is 2.42. The minimum Gasteiger partial charge on any atom is -0.324 e. The first-order valence-electron chi connectivity index (χ1n) is 4.77. The Hall–Kier alpha value is -0.640. The van der Waals surface area contributed by atoms with Crippen molar-refractivity contribution >= 4 is 27.3 Å². The number of thiophene rings is 1.